The van der Waals surface area contributed by atoms with E-state index < -0.39 is 0 Å². The normalized spacial score (nSPS) is 23.2. The van der Waals surface area contributed by atoms with Crippen LogP contribution in [0.1, 0.15) is 50.4 Å². The molecule has 0 amide bonds. The Bertz CT molecular complexity index is 400. The quantitative estimate of drug-likeness (QED) is 0.875. The molecule has 0 bridgehead atoms. The zero-order valence-electron chi connectivity index (χ0n) is 12.0. The molecule has 1 nitrogen and oxygen atoms in total. The van der Waals surface area contributed by atoms with Crippen LogP contribution >= 0.6 is 11.8 Å². The van der Waals surface area contributed by atoms with Gasteiger partial charge in [-0.2, -0.15) is 11.8 Å². The Balaban J connectivity index is 2.37. The fourth-order valence-electron chi connectivity index (χ4n) is 2.77. The maximum atomic E-state index is 3.70. The summed E-state index contributed by atoms with van der Waals surface area (Å²) in [7, 11) is 0. The minimum Gasteiger partial charge on any atom is -0.309 e. The summed E-state index contributed by atoms with van der Waals surface area (Å²) in [6, 6.07) is 7.58. The van der Waals surface area contributed by atoms with E-state index in [1.807, 2.05) is 0 Å². The molecule has 0 aliphatic carbocycles. The van der Waals surface area contributed by atoms with E-state index in [-0.39, 0.29) is 0 Å². The Morgan fingerprint density at radius 3 is 2.72 bits per heavy atom. The molecule has 1 aromatic rings. The fourth-order valence-corrected chi connectivity index (χ4v) is 4.22. The van der Waals surface area contributed by atoms with Gasteiger partial charge in [0.2, 0.25) is 0 Å². The van der Waals surface area contributed by atoms with Gasteiger partial charge in [0.1, 0.15) is 0 Å². The monoisotopic (exact) mass is 263 g/mol. The summed E-state index contributed by atoms with van der Waals surface area (Å²) in [5, 5.41) is 4.40. The Kier molecular flexibility index (Phi) is 4.74. The Morgan fingerprint density at radius 1 is 1.33 bits per heavy atom. The van der Waals surface area contributed by atoms with Crippen LogP contribution < -0.4 is 5.32 Å². The van der Waals surface area contributed by atoms with Gasteiger partial charge in [0, 0.05) is 17.0 Å². The SMILES string of the molecule is CCNC1c2cc(CC)ccc2CSC1C(C)C. The van der Waals surface area contributed by atoms with E-state index in [9.17, 15) is 0 Å². The molecule has 2 atom stereocenters. The van der Waals surface area contributed by atoms with Gasteiger partial charge in [-0.1, -0.05) is 45.9 Å². The highest BCUT2D eigenvalue weighted by Gasteiger charge is 2.31. The third-order valence-corrected chi connectivity index (χ3v) is 5.47. The first kappa shape index (κ1) is 14.0. The lowest BCUT2D eigenvalue weighted by Crippen LogP contribution is -2.36. The molecule has 1 aliphatic heterocycles. The average Bonchev–Trinajstić information content (AvgIpc) is 2.38. The van der Waals surface area contributed by atoms with Crippen molar-refractivity contribution >= 4 is 11.8 Å². The number of aryl methyl sites for hydroxylation is 1. The molecular weight excluding hydrogens is 238 g/mol. The minimum atomic E-state index is 0.523. The van der Waals surface area contributed by atoms with Crippen LogP contribution in [0.4, 0.5) is 0 Å². The number of hydrogen-bond donors (Lipinski definition) is 1. The van der Waals surface area contributed by atoms with E-state index in [4.69, 9.17) is 0 Å². The van der Waals surface area contributed by atoms with Crippen LogP contribution in [0.3, 0.4) is 0 Å². The Hall–Kier alpha value is -0.470. The van der Waals surface area contributed by atoms with Gasteiger partial charge in [0.05, 0.1) is 0 Å². The van der Waals surface area contributed by atoms with Crippen LogP contribution in [-0.2, 0) is 12.2 Å². The van der Waals surface area contributed by atoms with Gasteiger partial charge in [-0.05, 0) is 35.6 Å². The van der Waals surface area contributed by atoms with Crippen LogP contribution in [0.15, 0.2) is 18.2 Å². The number of fused-ring (bicyclic) bond motifs is 1. The second kappa shape index (κ2) is 6.12. The Labute approximate surface area is 116 Å². The van der Waals surface area contributed by atoms with Crippen molar-refractivity contribution < 1.29 is 0 Å². The van der Waals surface area contributed by atoms with Crippen molar-refractivity contribution in [2.45, 2.75) is 51.2 Å². The van der Waals surface area contributed by atoms with Crippen molar-refractivity contribution in [2.75, 3.05) is 6.54 Å². The summed E-state index contributed by atoms with van der Waals surface area (Å²) in [6.07, 6.45) is 1.13. The van der Waals surface area contributed by atoms with E-state index in [2.05, 4.69) is 63.0 Å². The van der Waals surface area contributed by atoms with Gasteiger partial charge >= 0.3 is 0 Å². The molecule has 0 spiro atoms. The lowest BCUT2D eigenvalue weighted by molar-refractivity contribution is 0.447. The van der Waals surface area contributed by atoms with Gasteiger partial charge in [0.25, 0.3) is 0 Å². The molecule has 1 aromatic carbocycles. The van der Waals surface area contributed by atoms with Gasteiger partial charge < -0.3 is 5.32 Å². The molecule has 100 valence electrons. The first-order chi connectivity index (χ1) is 8.67. The topological polar surface area (TPSA) is 12.0 Å². The zero-order chi connectivity index (χ0) is 13.1. The summed E-state index contributed by atoms with van der Waals surface area (Å²) in [4.78, 5) is 0. The second-order valence-corrected chi connectivity index (χ2v) is 6.61. The third-order valence-electron chi connectivity index (χ3n) is 3.79. The van der Waals surface area contributed by atoms with Crippen LogP contribution in [-0.4, -0.2) is 11.8 Å². The summed E-state index contributed by atoms with van der Waals surface area (Å²) in [5.74, 6) is 1.89. The van der Waals surface area contributed by atoms with E-state index in [0.717, 1.165) is 18.9 Å². The van der Waals surface area contributed by atoms with Crippen LogP contribution in [0.5, 0.6) is 0 Å². The van der Waals surface area contributed by atoms with E-state index >= 15 is 0 Å². The van der Waals surface area contributed by atoms with Crippen molar-refractivity contribution in [1.29, 1.82) is 0 Å². The summed E-state index contributed by atoms with van der Waals surface area (Å²) in [5.41, 5.74) is 4.54. The standard InChI is InChI=1S/C16H25NS/c1-5-12-7-8-13-10-18-16(11(3)4)15(17-6-2)14(13)9-12/h7-9,11,15-17H,5-6,10H2,1-4H3. The number of benzene rings is 1. The smallest absolute Gasteiger partial charge is 0.0446 e. The predicted octanol–water partition coefficient (Wildman–Crippen LogP) is 4.17. The average molecular weight is 263 g/mol. The van der Waals surface area contributed by atoms with Crippen molar-refractivity contribution in [1.82, 2.24) is 5.32 Å². The maximum absolute atomic E-state index is 3.70. The highest BCUT2D eigenvalue weighted by atomic mass is 32.2. The fraction of sp³-hybridized carbons (Fsp3) is 0.625. The largest absolute Gasteiger partial charge is 0.309 e. The summed E-state index contributed by atoms with van der Waals surface area (Å²) >= 11 is 2.11. The van der Waals surface area contributed by atoms with Gasteiger partial charge in [-0.3, -0.25) is 0 Å². The summed E-state index contributed by atoms with van der Waals surface area (Å²) in [6.45, 7) is 10.2. The first-order valence-electron chi connectivity index (χ1n) is 7.14. The van der Waals surface area contributed by atoms with Crippen LogP contribution in [0.25, 0.3) is 0 Å². The predicted molar refractivity (Wildman–Crippen MR) is 82.2 cm³/mol. The van der Waals surface area contributed by atoms with Gasteiger partial charge in [0.15, 0.2) is 0 Å². The van der Waals surface area contributed by atoms with E-state index in [0.29, 0.717) is 11.3 Å². The maximum Gasteiger partial charge on any atom is 0.0446 e. The van der Waals surface area contributed by atoms with Crippen molar-refractivity contribution in [3.63, 3.8) is 0 Å². The highest BCUT2D eigenvalue weighted by molar-refractivity contribution is 7.99. The first-order valence-corrected chi connectivity index (χ1v) is 8.18. The molecule has 1 heterocycles. The molecule has 18 heavy (non-hydrogen) atoms. The minimum absolute atomic E-state index is 0.523. The molecule has 0 saturated heterocycles. The van der Waals surface area contributed by atoms with Gasteiger partial charge in [-0.25, -0.2) is 0 Å². The number of thioether (sulfide) groups is 1. The second-order valence-electron chi connectivity index (χ2n) is 5.44. The molecule has 1 N–H and O–H groups in total. The lowest BCUT2D eigenvalue weighted by Gasteiger charge is -2.36. The molecule has 2 heteroatoms. The van der Waals surface area contributed by atoms with E-state index in [1.54, 1.807) is 5.56 Å². The third kappa shape index (κ3) is 2.75. The van der Waals surface area contributed by atoms with Crippen molar-refractivity contribution in [3.8, 4) is 0 Å². The molecule has 0 saturated carbocycles. The number of hydrogen-bond acceptors (Lipinski definition) is 2. The van der Waals surface area contributed by atoms with Gasteiger partial charge in [-0.15, -0.1) is 0 Å². The summed E-state index contributed by atoms with van der Waals surface area (Å²) < 4.78 is 0. The molecule has 2 unspecified atom stereocenters. The van der Waals surface area contributed by atoms with Crippen LogP contribution in [0, 0.1) is 5.92 Å². The molecule has 2 rings (SSSR count). The van der Waals surface area contributed by atoms with Crippen LogP contribution in [0.2, 0.25) is 0 Å². The van der Waals surface area contributed by atoms with Crippen molar-refractivity contribution in [3.05, 3.63) is 34.9 Å². The van der Waals surface area contributed by atoms with E-state index in [1.165, 1.54) is 16.9 Å². The lowest BCUT2D eigenvalue weighted by atomic mass is 9.91. The molecule has 1 aliphatic rings. The Morgan fingerprint density at radius 2 is 2.11 bits per heavy atom. The highest BCUT2D eigenvalue weighted by Crippen LogP contribution is 2.41. The molecule has 0 aromatic heterocycles. The molecule has 0 radical (unpaired) electrons. The molecule has 0 fully saturated rings. The molecular formula is C16H25NS. The zero-order valence-corrected chi connectivity index (χ0v) is 12.8. The van der Waals surface area contributed by atoms with Crippen molar-refractivity contribution in [2.24, 2.45) is 5.92 Å². The number of nitrogens with one attached hydrogen (secondary N) is 1. The number of rotatable bonds is 4.